The summed E-state index contributed by atoms with van der Waals surface area (Å²) in [7, 11) is -5.96. The van der Waals surface area contributed by atoms with E-state index in [-0.39, 0.29) is 47.1 Å². The summed E-state index contributed by atoms with van der Waals surface area (Å²) in [4.78, 5) is 35.6. The number of aromatic hydroxyl groups is 3. The quantitative estimate of drug-likeness (QED) is 0.0475. The molecule has 640 valence electrons. The van der Waals surface area contributed by atoms with Crippen LogP contribution in [0.2, 0.25) is 0 Å². The highest BCUT2D eigenvalue weighted by atomic mass is 35.5. The number of alkyl halides is 3. The number of benzene rings is 18. The fourth-order valence-electron chi connectivity index (χ4n) is 16.2. The van der Waals surface area contributed by atoms with Crippen LogP contribution in [0.1, 0.15) is 114 Å². The molecule has 3 aliphatic rings. The predicted octanol–water partition coefficient (Wildman–Crippen LogP) is 27.5. The molecule has 2 aliphatic carbocycles. The summed E-state index contributed by atoms with van der Waals surface area (Å²) in [5.74, 6) is 0.637. The first-order valence-corrected chi connectivity index (χ1v) is 43.6. The van der Waals surface area contributed by atoms with Crippen molar-refractivity contribution in [3.63, 3.8) is 0 Å². The molecule has 0 spiro atoms. The third-order valence-electron chi connectivity index (χ3n) is 23.7. The maximum atomic E-state index is 12.6. The molecule has 17 heteroatoms. The van der Waals surface area contributed by atoms with Crippen LogP contribution >= 0.6 is 11.6 Å². The highest BCUT2D eigenvalue weighted by molar-refractivity contribution is 7.88. The number of aryl methyl sites for hydroxylation is 6. The molecule has 0 amide bonds. The number of fused-ring (bicyclic) bond motifs is 9. The van der Waals surface area contributed by atoms with Crippen LogP contribution in [-0.4, -0.2) is 64.4 Å². The third-order valence-corrected chi connectivity index (χ3v) is 24.9. The lowest BCUT2D eigenvalue weighted by Gasteiger charge is -2.32. The molecule has 128 heavy (non-hydrogen) atoms. The topological polar surface area (TPSA) is 174 Å². The zero-order chi connectivity index (χ0) is 90.9. The number of ketones is 2. The second-order valence-corrected chi connectivity index (χ2v) is 34.4. The van der Waals surface area contributed by atoms with Crippen molar-refractivity contribution >= 4 is 127 Å². The van der Waals surface area contributed by atoms with Crippen LogP contribution < -0.4 is 9.65 Å². The van der Waals surface area contributed by atoms with Crippen molar-refractivity contribution in [2.45, 2.75) is 92.4 Å². The molecular formula is C111H93BClF3O11S. The highest BCUT2D eigenvalue weighted by Gasteiger charge is 2.52. The first-order valence-electron chi connectivity index (χ1n) is 41.8. The van der Waals surface area contributed by atoms with Crippen molar-refractivity contribution in [2.75, 3.05) is 0 Å². The average Bonchev–Trinajstić information content (AvgIpc) is 0.896. The van der Waals surface area contributed by atoms with Crippen molar-refractivity contribution in [3.05, 3.63) is 424 Å². The molecule has 0 radical (unpaired) electrons. The van der Waals surface area contributed by atoms with E-state index in [4.69, 9.17) is 20.9 Å². The Morgan fingerprint density at radius 3 is 1.23 bits per heavy atom. The number of phenolic OH excluding ortho intramolecular Hbond substituents is 3. The fraction of sp³-hybridized carbons (Fsp3) is 0.126. The number of phenols is 3. The van der Waals surface area contributed by atoms with Crippen molar-refractivity contribution in [3.8, 4) is 45.3 Å². The minimum Gasteiger partial charge on any atom is -0.507 e. The van der Waals surface area contributed by atoms with Crippen LogP contribution in [0, 0.1) is 41.5 Å². The largest absolute Gasteiger partial charge is 0.534 e. The Morgan fingerprint density at radius 1 is 0.352 bits per heavy atom. The van der Waals surface area contributed by atoms with Crippen LogP contribution in [0.5, 0.6) is 23.0 Å². The molecule has 18 aromatic carbocycles. The molecule has 0 aromatic heterocycles. The first-order chi connectivity index (χ1) is 61.3. The molecule has 11 nitrogen and oxygen atoms in total. The van der Waals surface area contributed by atoms with Crippen LogP contribution in [0.3, 0.4) is 0 Å². The maximum Gasteiger partial charge on any atom is 0.534 e. The predicted molar refractivity (Wildman–Crippen MR) is 516 cm³/mol. The Kier molecular flexibility index (Phi) is 27.1. The molecule has 0 saturated carbocycles. The van der Waals surface area contributed by atoms with Gasteiger partial charge in [-0.3, -0.25) is 14.4 Å². The second-order valence-electron chi connectivity index (χ2n) is 32.6. The molecule has 0 atom stereocenters. The number of hydrogen-bond donors (Lipinski definition) is 3. The van der Waals surface area contributed by atoms with E-state index >= 15 is 0 Å². The standard InChI is InChI=1S/C18H12O.C18H14O.C18H14.C17H21BO2.C12H9F3O3S.C11H10O.C10H8O2.C7H5ClO/c1-11-9-10-14-13-5-2-3-6-15(13)18(19)16-8-4-7-12(11)17(14)16;1-13-7-5-11-16-15(13)10-6-12-17(16)18(19)14-8-3-2-4-9-14;1-12-9-10-17-16-7-3-2-5-13(16)11-14-6-4-8-15(12)18(14)17;1-12-8-6-10-14-13(12)9-7-11-15(14)18-19-16(2,3)17(4,5)20-18;1-8-4-2-6-10-9(8)5-3-7-11(10)18-19(16,17)12(13,14)15;1-8-4-2-6-10-9(8)5-3-7-11(10)12;11-9-5-1-3-7-8(9)4-2-6-10(7)12;8-7(9)6-4-2-1-3-5-6/h2-10H,1H3;2-12H,1H3;2-10H,11H2,1H3;6-11H,1-5H3;2-7H,1H3;2-7,12H,1H3;1-6,11-12H;1-5H. The molecule has 0 bridgehead atoms. The summed E-state index contributed by atoms with van der Waals surface area (Å²) in [5.41, 5.74) is 13.8. The summed E-state index contributed by atoms with van der Waals surface area (Å²) in [5, 5.41) is 42.0. The zero-order valence-electron chi connectivity index (χ0n) is 72.3. The van der Waals surface area contributed by atoms with Crippen LogP contribution in [-0.2, 0) is 25.8 Å². The SMILES string of the molecule is Cc1ccc2c3c(cccc13)C(=O)c1ccccc1-2.Cc1ccc2c3c(cccc13)Cc1ccccc1-2.Cc1cccc2c(B3OC(C)(C)C(C)(C)O3)cccc12.Cc1cccc2c(C(=O)c3ccccc3)cccc12.Cc1cccc2c(O)cccc12.Cc1cccc2c(OS(=O)(=O)C(F)(F)F)cccc12.O=C(Cl)c1ccccc1.Oc1cccc2c(O)cccc12. The number of rotatable bonds is 6. The third kappa shape index (κ3) is 19.4. The van der Waals surface area contributed by atoms with Gasteiger partial charge in [-0.05, 0) is 232 Å². The molecule has 1 saturated heterocycles. The van der Waals surface area contributed by atoms with E-state index in [9.17, 15) is 51.3 Å². The van der Waals surface area contributed by atoms with Gasteiger partial charge in [-0.25, -0.2) is 0 Å². The molecule has 0 unspecified atom stereocenters. The van der Waals surface area contributed by atoms with E-state index in [1.165, 1.54) is 101 Å². The second kappa shape index (κ2) is 38.5. The van der Waals surface area contributed by atoms with Gasteiger partial charge in [-0.1, -0.05) is 328 Å². The molecule has 1 aliphatic heterocycles. The molecule has 21 rings (SSSR count). The molecule has 18 aromatic rings. The van der Waals surface area contributed by atoms with E-state index in [0.29, 0.717) is 32.9 Å². The zero-order valence-corrected chi connectivity index (χ0v) is 73.9. The van der Waals surface area contributed by atoms with Gasteiger partial charge < -0.3 is 28.8 Å². The van der Waals surface area contributed by atoms with Crippen LogP contribution in [0.15, 0.2) is 352 Å². The Bertz CT molecular complexity index is 7180. The molecule has 1 fully saturated rings. The van der Waals surface area contributed by atoms with E-state index in [1.807, 2.05) is 134 Å². The Balaban J connectivity index is 0.000000120. The summed E-state index contributed by atoms with van der Waals surface area (Å²) in [6.45, 7) is 20.7. The van der Waals surface area contributed by atoms with Crippen molar-refractivity contribution in [1.82, 2.24) is 0 Å². The van der Waals surface area contributed by atoms with Gasteiger partial charge in [-0.2, -0.15) is 21.6 Å². The Morgan fingerprint density at radius 2 is 0.711 bits per heavy atom. The molecule has 1 heterocycles. The summed E-state index contributed by atoms with van der Waals surface area (Å²) in [6.07, 6.45) is 1.06. The van der Waals surface area contributed by atoms with E-state index in [2.05, 4.69) is 181 Å². The van der Waals surface area contributed by atoms with Crippen molar-refractivity contribution < 1.29 is 64.8 Å². The van der Waals surface area contributed by atoms with Gasteiger partial charge in [0.2, 0.25) is 0 Å². The number of carbonyl (C=O) groups is 3. The van der Waals surface area contributed by atoms with E-state index < -0.39 is 20.9 Å². The lowest BCUT2D eigenvalue weighted by atomic mass is 9.76. The number of halogens is 4. The van der Waals surface area contributed by atoms with E-state index in [0.717, 1.165) is 72.2 Å². The summed E-state index contributed by atoms with van der Waals surface area (Å²) < 4.78 is 75.4. The monoisotopic (exact) mass is 1740 g/mol. The summed E-state index contributed by atoms with van der Waals surface area (Å²) in [6, 6.07) is 112. The van der Waals surface area contributed by atoms with Gasteiger partial charge in [-0.15, -0.1) is 0 Å². The minimum atomic E-state index is -5.66. The normalized spacial score (nSPS) is 12.9. The Hall–Kier alpha value is -14.0. The average molecular weight is 1740 g/mol. The molecule has 3 N–H and O–H groups in total. The molecular weight excluding hydrogens is 1640 g/mol. The van der Waals surface area contributed by atoms with Gasteiger partial charge in [0.05, 0.1) is 11.2 Å². The van der Waals surface area contributed by atoms with E-state index in [1.54, 1.807) is 91.9 Å². The highest BCUT2D eigenvalue weighted by Crippen LogP contribution is 2.44. The van der Waals surface area contributed by atoms with Gasteiger partial charge in [0.1, 0.15) is 17.2 Å². The first kappa shape index (κ1) is 90.3. The minimum absolute atomic E-state index is 0.0804. The lowest BCUT2D eigenvalue weighted by Crippen LogP contribution is -2.41. The number of carbonyl (C=O) groups excluding carboxylic acids is 3. The summed E-state index contributed by atoms with van der Waals surface area (Å²) >= 11 is 5.16. The van der Waals surface area contributed by atoms with Crippen LogP contribution in [0.25, 0.3) is 97.7 Å². The van der Waals surface area contributed by atoms with Gasteiger partial charge in [0.15, 0.2) is 17.3 Å². The maximum absolute atomic E-state index is 12.6. The van der Waals surface area contributed by atoms with Crippen LogP contribution in [0.4, 0.5) is 13.2 Å². The lowest BCUT2D eigenvalue weighted by molar-refractivity contribution is -0.0499. The number of hydrogen-bond acceptors (Lipinski definition) is 11. The van der Waals surface area contributed by atoms with Gasteiger partial charge >= 0.3 is 22.7 Å². The van der Waals surface area contributed by atoms with Crippen molar-refractivity contribution in [2.24, 2.45) is 0 Å². The Labute approximate surface area is 748 Å². The fourth-order valence-corrected chi connectivity index (χ4v) is 16.8. The van der Waals surface area contributed by atoms with Crippen molar-refractivity contribution in [1.29, 1.82) is 0 Å². The smallest absolute Gasteiger partial charge is 0.507 e. The van der Waals surface area contributed by atoms with Gasteiger partial charge in [0.25, 0.3) is 5.24 Å². The van der Waals surface area contributed by atoms with Gasteiger partial charge in [0, 0.05) is 54.7 Å².